The van der Waals surface area contributed by atoms with Gasteiger partial charge < -0.3 is 24.8 Å². The number of hydrogen-bond acceptors (Lipinski definition) is 12. The summed E-state index contributed by atoms with van der Waals surface area (Å²) >= 11 is 1.60. The highest BCUT2D eigenvalue weighted by atomic mass is 32.1. The number of piperazine rings is 1. The molecule has 0 radical (unpaired) electrons. The number of benzene rings is 2. The topological polar surface area (TPSA) is 158 Å². The van der Waals surface area contributed by atoms with Crippen molar-refractivity contribution >= 4 is 67.3 Å². The van der Waals surface area contributed by atoms with Crippen molar-refractivity contribution in [1.29, 1.82) is 0 Å². The number of amides is 4. The number of ether oxygens (including phenoxy) is 1. The van der Waals surface area contributed by atoms with Gasteiger partial charge in [0.1, 0.15) is 17.5 Å². The lowest BCUT2D eigenvalue weighted by molar-refractivity contribution is -0.136. The number of nitrogens with zero attached hydrogens (tertiary/aromatic N) is 8. The van der Waals surface area contributed by atoms with Gasteiger partial charge in [0, 0.05) is 88.5 Å². The number of thiazole rings is 1. The molecule has 4 aliphatic rings. The van der Waals surface area contributed by atoms with E-state index in [1.807, 2.05) is 38.1 Å². The van der Waals surface area contributed by atoms with Crippen molar-refractivity contribution in [2.24, 2.45) is 5.92 Å². The predicted octanol–water partition coefficient (Wildman–Crippen LogP) is 4.18. The van der Waals surface area contributed by atoms with E-state index in [1.54, 1.807) is 45.4 Å². The van der Waals surface area contributed by atoms with E-state index in [1.165, 1.54) is 0 Å². The highest BCUT2D eigenvalue weighted by Crippen LogP contribution is 2.36. The van der Waals surface area contributed by atoms with Crippen molar-refractivity contribution in [3.8, 4) is 5.75 Å². The summed E-state index contributed by atoms with van der Waals surface area (Å²) in [5.74, 6) is -0.00249. The van der Waals surface area contributed by atoms with Crippen LogP contribution in [-0.4, -0.2) is 111 Å². The summed E-state index contributed by atoms with van der Waals surface area (Å²) in [5.41, 5.74) is 4.97. The number of fused-ring (bicyclic) bond motifs is 3. The minimum absolute atomic E-state index is 0.124. The lowest BCUT2D eigenvalue weighted by Crippen LogP contribution is -2.52. The molecule has 0 bridgehead atoms. The van der Waals surface area contributed by atoms with Gasteiger partial charge in [0.25, 0.3) is 11.8 Å². The maximum atomic E-state index is 13.6. The van der Waals surface area contributed by atoms with Crippen molar-refractivity contribution in [1.82, 2.24) is 34.7 Å². The standard InChI is InChI=1S/C40H44N10O5S/c1-24(2)55-33-20-30-34(19-29(33)37(52)43-31-21-42-50-11-3-10-41-36(31)50)56-40(44-30)48-16-14-46(15-17-48)22-25-8-12-47(13-9-25)27-5-4-26-23-49(39(54)28(26)18-27)32-6-7-35(51)45-38(32)53/h3-5,10-11,18-21,24-25,32H,6-9,12-17,22-23H2,1-2H3,(H,43,52)(H,45,51,53). The van der Waals surface area contributed by atoms with Gasteiger partial charge in [-0.05, 0) is 68.9 Å². The first-order chi connectivity index (χ1) is 27.2. The van der Waals surface area contributed by atoms with Crippen molar-refractivity contribution in [2.45, 2.75) is 58.2 Å². The van der Waals surface area contributed by atoms with Crippen molar-refractivity contribution < 1.29 is 23.9 Å². The van der Waals surface area contributed by atoms with Crippen LogP contribution in [0.2, 0.25) is 0 Å². The molecule has 4 aliphatic heterocycles. The van der Waals surface area contributed by atoms with Crippen molar-refractivity contribution in [2.75, 3.05) is 60.9 Å². The molecule has 1 unspecified atom stereocenters. The van der Waals surface area contributed by atoms with E-state index in [2.05, 4.69) is 41.5 Å². The Morgan fingerprint density at radius 1 is 1.02 bits per heavy atom. The van der Waals surface area contributed by atoms with Crippen LogP contribution in [0.3, 0.4) is 0 Å². The normalized spacial score (nSPS) is 19.7. The zero-order valence-corrected chi connectivity index (χ0v) is 32.3. The molecular formula is C40H44N10O5S. The molecular weight excluding hydrogens is 733 g/mol. The fraction of sp³-hybridized carbons (Fsp3) is 0.425. The Balaban J connectivity index is 0.793. The SMILES string of the molecule is CC(C)Oc1cc2nc(N3CCN(CC4CCN(c5ccc6c(c5)C(=O)N(C5CCC(=O)NC5=O)C6)CC4)CC3)sc2cc1C(=O)Nc1cnn2cccnc12. The van der Waals surface area contributed by atoms with E-state index >= 15 is 0 Å². The Kier molecular flexibility index (Phi) is 9.53. The number of carbonyl (C=O) groups is 4. The van der Waals surface area contributed by atoms with Gasteiger partial charge in [-0.3, -0.25) is 29.4 Å². The first-order valence-corrected chi connectivity index (χ1v) is 20.2. The maximum absolute atomic E-state index is 13.6. The number of nitrogens with one attached hydrogen (secondary N) is 2. The molecule has 9 rings (SSSR count). The van der Waals surface area contributed by atoms with Crippen LogP contribution < -0.4 is 25.2 Å². The second kappa shape index (κ2) is 14.8. The van der Waals surface area contributed by atoms with Gasteiger partial charge >= 0.3 is 0 Å². The zero-order valence-electron chi connectivity index (χ0n) is 31.4. The summed E-state index contributed by atoms with van der Waals surface area (Å²) < 4.78 is 8.66. The maximum Gasteiger partial charge on any atom is 0.259 e. The highest BCUT2D eigenvalue weighted by Gasteiger charge is 2.39. The first-order valence-electron chi connectivity index (χ1n) is 19.4. The number of piperidine rings is 2. The van der Waals surface area contributed by atoms with Gasteiger partial charge in [-0.15, -0.1) is 0 Å². The Morgan fingerprint density at radius 3 is 2.62 bits per heavy atom. The van der Waals surface area contributed by atoms with E-state index in [4.69, 9.17) is 9.72 Å². The molecule has 0 spiro atoms. The van der Waals surface area contributed by atoms with E-state index in [-0.39, 0.29) is 36.2 Å². The molecule has 5 aromatic rings. The highest BCUT2D eigenvalue weighted by molar-refractivity contribution is 7.22. The summed E-state index contributed by atoms with van der Waals surface area (Å²) in [7, 11) is 0. The Labute approximate surface area is 327 Å². The molecule has 290 valence electrons. The molecule has 2 aromatic carbocycles. The van der Waals surface area contributed by atoms with Crippen LogP contribution in [-0.2, 0) is 16.1 Å². The van der Waals surface area contributed by atoms with Crippen LogP contribution in [0.25, 0.3) is 15.9 Å². The summed E-state index contributed by atoms with van der Waals surface area (Å²) in [4.78, 5) is 69.3. The van der Waals surface area contributed by atoms with Crippen LogP contribution in [0.5, 0.6) is 5.75 Å². The van der Waals surface area contributed by atoms with Gasteiger partial charge in [0.05, 0.1) is 28.1 Å². The number of aromatic nitrogens is 4. The van der Waals surface area contributed by atoms with E-state index < -0.39 is 6.04 Å². The predicted molar refractivity (Wildman–Crippen MR) is 212 cm³/mol. The molecule has 3 fully saturated rings. The summed E-state index contributed by atoms with van der Waals surface area (Å²) in [5, 5.41) is 10.6. The molecule has 4 amide bonds. The Hall–Kier alpha value is -5.61. The van der Waals surface area contributed by atoms with Crippen LogP contribution in [0, 0.1) is 5.92 Å². The molecule has 3 saturated heterocycles. The Morgan fingerprint density at radius 2 is 1.84 bits per heavy atom. The lowest BCUT2D eigenvalue weighted by Gasteiger charge is -2.39. The van der Waals surface area contributed by atoms with E-state index in [9.17, 15) is 19.2 Å². The molecule has 0 saturated carbocycles. The number of imide groups is 1. The lowest BCUT2D eigenvalue weighted by atomic mass is 9.95. The fourth-order valence-electron chi connectivity index (χ4n) is 8.31. The van der Waals surface area contributed by atoms with Gasteiger partial charge in [-0.2, -0.15) is 5.10 Å². The molecule has 1 atom stereocenters. The first kappa shape index (κ1) is 36.1. The second-order valence-electron chi connectivity index (χ2n) is 15.3. The molecule has 16 heteroatoms. The molecule has 0 aliphatic carbocycles. The molecule has 15 nitrogen and oxygen atoms in total. The average molecular weight is 777 g/mol. The van der Waals surface area contributed by atoms with Crippen molar-refractivity contribution in [3.63, 3.8) is 0 Å². The monoisotopic (exact) mass is 776 g/mol. The van der Waals surface area contributed by atoms with E-state index in [0.717, 1.165) is 85.3 Å². The van der Waals surface area contributed by atoms with Gasteiger partial charge in [-0.1, -0.05) is 17.4 Å². The summed E-state index contributed by atoms with van der Waals surface area (Å²) in [6, 6.07) is 11.0. The average Bonchev–Trinajstić information content (AvgIpc) is 3.90. The van der Waals surface area contributed by atoms with Crippen LogP contribution >= 0.6 is 11.3 Å². The van der Waals surface area contributed by atoms with E-state index in [0.29, 0.717) is 47.1 Å². The Bertz CT molecular complexity index is 2340. The third kappa shape index (κ3) is 7.02. The summed E-state index contributed by atoms with van der Waals surface area (Å²) in [6.07, 6.45) is 7.69. The number of rotatable bonds is 9. The molecule has 3 aromatic heterocycles. The van der Waals surface area contributed by atoms with Gasteiger partial charge in [0.2, 0.25) is 11.8 Å². The minimum atomic E-state index is -0.602. The van der Waals surface area contributed by atoms with Crippen LogP contribution in [0.15, 0.2) is 55.0 Å². The van der Waals surface area contributed by atoms with Crippen LogP contribution in [0.4, 0.5) is 16.5 Å². The number of anilines is 3. The molecule has 2 N–H and O–H groups in total. The smallest absolute Gasteiger partial charge is 0.259 e. The minimum Gasteiger partial charge on any atom is -0.490 e. The van der Waals surface area contributed by atoms with Gasteiger partial charge in [0.15, 0.2) is 10.8 Å². The molecule has 56 heavy (non-hydrogen) atoms. The zero-order chi connectivity index (χ0) is 38.5. The third-order valence-corrected chi connectivity index (χ3v) is 12.3. The number of carbonyl (C=O) groups excluding carboxylic acids is 4. The fourth-order valence-corrected chi connectivity index (χ4v) is 9.35. The number of hydrogen-bond donors (Lipinski definition) is 2. The summed E-state index contributed by atoms with van der Waals surface area (Å²) in [6.45, 7) is 10.9. The van der Waals surface area contributed by atoms with Gasteiger partial charge in [-0.25, -0.2) is 14.5 Å². The molecule has 7 heterocycles. The van der Waals surface area contributed by atoms with Crippen molar-refractivity contribution in [3.05, 3.63) is 71.7 Å². The third-order valence-electron chi connectivity index (χ3n) is 11.3. The van der Waals surface area contributed by atoms with Crippen LogP contribution in [0.1, 0.15) is 65.8 Å². The quantitative estimate of drug-likeness (QED) is 0.207. The largest absolute Gasteiger partial charge is 0.490 e. The second-order valence-corrected chi connectivity index (χ2v) is 16.3.